The molecule has 0 aliphatic heterocycles. The highest BCUT2D eigenvalue weighted by Gasteiger charge is 2.11. The Hall–Kier alpha value is -1.34. The highest BCUT2D eigenvalue weighted by Crippen LogP contribution is 2.28. The molecule has 0 fully saturated rings. The number of pyridine rings is 1. The lowest BCUT2D eigenvalue weighted by Crippen LogP contribution is -3.00. The zero-order valence-corrected chi connectivity index (χ0v) is 25.3. The zero-order valence-electron chi connectivity index (χ0n) is 22.4. The second kappa shape index (κ2) is 20.7. The molecule has 0 aliphatic carbocycles. The van der Waals surface area contributed by atoms with Gasteiger partial charge in [0.15, 0.2) is 12.4 Å². The van der Waals surface area contributed by atoms with E-state index in [9.17, 15) is 4.79 Å². The molecule has 1 heterocycles. The molecule has 36 heavy (non-hydrogen) atoms. The molecule has 0 saturated heterocycles. The largest absolute Gasteiger partial charge is 1.00 e. The first-order chi connectivity index (χ1) is 17.1. The summed E-state index contributed by atoms with van der Waals surface area (Å²) in [5.74, 6) is 0.629. The molecule has 0 radical (unpaired) electrons. The van der Waals surface area contributed by atoms with Crippen LogP contribution in [0.4, 0.5) is 0 Å². The highest BCUT2D eigenvalue weighted by atomic mass is 127. The molecule has 4 nitrogen and oxygen atoms in total. The van der Waals surface area contributed by atoms with E-state index in [0.29, 0.717) is 23.9 Å². The van der Waals surface area contributed by atoms with Crippen molar-refractivity contribution in [1.82, 2.24) is 5.32 Å². The number of hydrogen-bond acceptors (Lipinski definition) is 2. The molecular weight excluding hydrogens is 583 g/mol. The summed E-state index contributed by atoms with van der Waals surface area (Å²) in [5.41, 5.74) is 1.88. The van der Waals surface area contributed by atoms with E-state index in [4.69, 9.17) is 16.3 Å². The van der Waals surface area contributed by atoms with Crippen molar-refractivity contribution in [3.63, 3.8) is 0 Å². The molecule has 0 saturated carbocycles. The number of halogens is 2. The quantitative estimate of drug-likeness (QED) is 0.141. The topological polar surface area (TPSA) is 42.2 Å². The number of nitrogens with one attached hydrogen (secondary N) is 1. The van der Waals surface area contributed by atoms with Crippen LogP contribution in [0.5, 0.6) is 5.75 Å². The van der Waals surface area contributed by atoms with Gasteiger partial charge in [0.05, 0.1) is 18.1 Å². The summed E-state index contributed by atoms with van der Waals surface area (Å²) >= 11 is 6.55. The van der Waals surface area contributed by atoms with E-state index in [0.717, 1.165) is 24.1 Å². The summed E-state index contributed by atoms with van der Waals surface area (Å²) in [6.07, 6.45) is 20.2. The first kappa shape index (κ1) is 32.7. The van der Waals surface area contributed by atoms with Gasteiger partial charge in [-0.25, -0.2) is 4.57 Å². The third-order valence-electron chi connectivity index (χ3n) is 6.46. The van der Waals surface area contributed by atoms with Crippen LogP contribution < -0.4 is 38.6 Å². The molecule has 1 amide bonds. The molecule has 1 aromatic carbocycles. The summed E-state index contributed by atoms with van der Waals surface area (Å²) < 4.78 is 8.03. The Morgan fingerprint density at radius 2 is 1.44 bits per heavy atom. The number of unbranched alkanes of at least 4 members (excludes halogenated alkanes) is 11. The van der Waals surface area contributed by atoms with Gasteiger partial charge in [-0.15, -0.1) is 0 Å². The van der Waals surface area contributed by atoms with E-state index in [1.165, 1.54) is 70.6 Å². The Labute approximate surface area is 241 Å². The number of benzene rings is 1. The van der Waals surface area contributed by atoms with Gasteiger partial charge < -0.3 is 34.0 Å². The monoisotopic (exact) mass is 628 g/mol. The lowest BCUT2D eigenvalue weighted by Gasteiger charge is -2.12. The molecule has 2 aromatic rings. The maximum absolute atomic E-state index is 12.4. The minimum atomic E-state index is -0.0442. The van der Waals surface area contributed by atoms with Crippen molar-refractivity contribution in [2.45, 2.75) is 110 Å². The highest BCUT2D eigenvalue weighted by molar-refractivity contribution is 6.33. The van der Waals surface area contributed by atoms with Crippen molar-refractivity contribution >= 4 is 17.5 Å². The second-order valence-corrected chi connectivity index (χ2v) is 9.84. The van der Waals surface area contributed by atoms with Crippen molar-refractivity contribution < 1.29 is 38.1 Å². The Balaban J connectivity index is 0.00000648. The molecule has 202 valence electrons. The van der Waals surface area contributed by atoms with Crippen molar-refractivity contribution in [2.24, 2.45) is 0 Å². The molecule has 0 atom stereocenters. The summed E-state index contributed by atoms with van der Waals surface area (Å²) in [5, 5.41) is 3.53. The predicted molar refractivity (Wildman–Crippen MR) is 146 cm³/mol. The van der Waals surface area contributed by atoms with Gasteiger partial charge in [0.2, 0.25) is 5.91 Å². The number of ether oxygens (including phenoxy) is 1. The fourth-order valence-electron chi connectivity index (χ4n) is 4.18. The number of rotatable bonds is 19. The number of hydrogen-bond donors (Lipinski definition) is 1. The fourth-order valence-corrected chi connectivity index (χ4v) is 4.43. The minimum absolute atomic E-state index is 0. The number of nitrogens with zero attached hydrogens (tertiary/aromatic N) is 1. The van der Waals surface area contributed by atoms with Gasteiger partial charge in [0.25, 0.3) is 0 Å². The lowest BCUT2D eigenvalue weighted by molar-refractivity contribution is -0.693. The average molecular weight is 629 g/mol. The molecule has 2 rings (SSSR count). The van der Waals surface area contributed by atoms with Crippen LogP contribution in [0, 0.1) is 0 Å². The van der Waals surface area contributed by atoms with Crippen LogP contribution in [0.1, 0.15) is 102 Å². The van der Waals surface area contributed by atoms with Crippen LogP contribution in [0.25, 0.3) is 0 Å². The zero-order chi connectivity index (χ0) is 25.1. The molecule has 0 spiro atoms. The fraction of sp³-hybridized carbons (Fsp3) is 0.600. The Morgan fingerprint density at radius 3 is 2.03 bits per heavy atom. The third-order valence-corrected chi connectivity index (χ3v) is 6.89. The maximum Gasteiger partial charge on any atom is 0.224 e. The normalized spacial score (nSPS) is 10.6. The van der Waals surface area contributed by atoms with Gasteiger partial charge in [0.1, 0.15) is 12.3 Å². The van der Waals surface area contributed by atoms with Gasteiger partial charge in [0, 0.05) is 18.7 Å². The van der Waals surface area contributed by atoms with E-state index in [1.807, 2.05) is 42.7 Å². The third kappa shape index (κ3) is 13.8. The van der Waals surface area contributed by atoms with Gasteiger partial charge in [-0.1, -0.05) is 101 Å². The minimum Gasteiger partial charge on any atom is -1.00 e. The SMILES string of the molecule is CCCCCCCCCCCCCCOc1cccc(CC(=O)NCc2cc[n+](CC)cc2)c1Cl.[I-]. The average Bonchev–Trinajstić information content (AvgIpc) is 2.88. The first-order valence-electron chi connectivity index (χ1n) is 13.8. The first-order valence-corrected chi connectivity index (χ1v) is 14.2. The maximum atomic E-state index is 12.4. The standard InChI is InChI=1S/C30H45ClN2O2.HI/c1-3-5-6-7-8-9-10-11-12-13-14-15-23-35-28-18-16-17-27(30(28)31)24-29(34)32-25-26-19-21-33(4-2)22-20-26;/h16-22H,3-15,23-25H2,1-2H3;1H. The number of carbonyl (C=O) groups is 1. The van der Waals surface area contributed by atoms with E-state index in [-0.39, 0.29) is 36.3 Å². The van der Waals surface area contributed by atoms with Crippen molar-refractivity contribution in [3.05, 3.63) is 58.9 Å². The molecule has 0 bridgehead atoms. The Bertz CT molecular complexity index is 845. The van der Waals surface area contributed by atoms with Crippen molar-refractivity contribution in [3.8, 4) is 5.75 Å². The summed E-state index contributed by atoms with van der Waals surface area (Å²) in [6, 6.07) is 9.75. The van der Waals surface area contributed by atoms with E-state index in [1.54, 1.807) is 0 Å². The van der Waals surface area contributed by atoms with Crippen LogP contribution in [0.3, 0.4) is 0 Å². The summed E-state index contributed by atoms with van der Waals surface area (Å²) in [4.78, 5) is 12.4. The van der Waals surface area contributed by atoms with Gasteiger partial charge in [-0.2, -0.15) is 0 Å². The molecule has 0 unspecified atom stereocenters. The molecular formula is C30H46ClIN2O2. The van der Waals surface area contributed by atoms with E-state index >= 15 is 0 Å². The number of carbonyl (C=O) groups excluding carboxylic acids is 1. The molecule has 0 aliphatic rings. The van der Waals surface area contributed by atoms with E-state index < -0.39 is 0 Å². The second-order valence-electron chi connectivity index (χ2n) is 9.46. The van der Waals surface area contributed by atoms with Crippen LogP contribution in [0.2, 0.25) is 5.02 Å². The Morgan fingerprint density at radius 1 is 0.861 bits per heavy atom. The molecule has 6 heteroatoms. The van der Waals surface area contributed by atoms with Crippen LogP contribution in [-0.4, -0.2) is 12.5 Å². The lowest BCUT2D eigenvalue weighted by atomic mass is 10.1. The predicted octanol–water partition coefficient (Wildman–Crippen LogP) is 4.59. The van der Waals surface area contributed by atoms with Gasteiger partial charge in [-0.05, 0) is 30.5 Å². The van der Waals surface area contributed by atoms with E-state index in [2.05, 4.69) is 23.7 Å². The Kier molecular flexibility index (Phi) is 18.8. The van der Waals surface area contributed by atoms with Gasteiger partial charge >= 0.3 is 0 Å². The van der Waals surface area contributed by atoms with Crippen LogP contribution in [-0.2, 0) is 24.3 Å². The van der Waals surface area contributed by atoms with Crippen molar-refractivity contribution in [2.75, 3.05) is 6.61 Å². The van der Waals surface area contributed by atoms with Gasteiger partial charge in [-0.3, -0.25) is 4.79 Å². The number of aromatic nitrogens is 1. The van der Waals surface area contributed by atoms with Crippen LogP contribution >= 0.6 is 11.6 Å². The van der Waals surface area contributed by atoms with Crippen molar-refractivity contribution in [1.29, 1.82) is 0 Å². The molecule has 1 N–H and O–H groups in total. The number of aryl methyl sites for hydroxylation is 1. The number of amides is 1. The summed E-state index contributed by atoms with van der Waals surface area (Å²) in [6.45, 7) is 6.48. The smallest absolute Gasteiger partial charge is 0.224 e. The molecule has 1 aromatic heterocycles. The summed E-state index contributed by atoms with van der Waals surface area (Å²) in [7, 11) is 0. The van der Waals surface area contributed by atoms with Crippen LogP contribution in [0.15, 0.2) is 42.7 Å².